The van der Waals surface area contributed by atoms with Crippen molar-refractivity contribution in [2.75, 3.05) is 38.2 Å². The number of ether oxygens (including phenoxy) is 1. The van der Waals surface area contributed by atoms with Gasteiger partial charge in [0.15, 0.2) is 0 Å². The van der Waals surface area contributed by atoms with E-state index >= 15 is 0 Å². The molecule has 0 spiro atoms. The first kappa shape index (κ1) is 23.9. The molecule has 0 saturated carbocycles. The molecule has 4 amide bonds. The number of imide groups is 1. The van der Waals surface area contributed by atoms with Crippen LogP contribution in [-0.4, -0.2) is 74.4 Å². The summed E-state index contributed by atoms with van der Waals surface area (Å²) in [5.74, 6) is -1.00. The van der Waals surface area contributed by atoms with Crippen molar-refractivity contribution in [2.45, 2.75) is 23.8 Å². The van der Waals surface area contributed by atoms with Gasteiger partial charge in [-0.1, -0.05) is 30.3 Å². The smallest absolute Gasteiger partial charge is 0.325 e. The molecule has 11 heteroatoms. The van der Waals surface area contributed by atoms with Crippen LogP contribution in [0.5, 0.6) is 0 Å². The first-order valence-corrected chi connectivity index (χ1v) is 12.4. The zero-order valence-electron chi connectivity index (χ0n) is 18.5. The minimum absolute atomic E-state index is 0.114. The van der Waals surface area contributed by atoms with Crippen LogP contribution in [0.3, 0.4) is 0 Å². The second kappa shape index (κ2) is 10.3. The number of hydrogen-bond donors (Lipinski definition) is 2. The Kier molecular flexibility index (Phi) is 7.25. The maximum Gasteiger partial charge on any atom is 0.325 e. The summed E-state index contributed by atoms with van der Waals surface area (Å²) in [7, 11) is -3.64. The molecule has 10 nitrogen and oxygen atoms in total. The summed E-state index contributed by atoms with van der Waals surface area (Å²) in [5.41, 5.74) is 1.42. The molecule has 2 aliphatic heterocycles. The van der Waals surface area contributed by atoms with Crippen molar-refractivity contribution in [3.63, 3.8) is 0 Å². The van der Waals surface area contributed by atoms with Crippen LogP contribution in [0.1, 0.15) is 12.0 Å². The summed E-state index contributed by atoms with van der Waals surface area (Å²) >= 11 is 0. The van der Waals surface area contributed by atoms with Crippen LogP contribution in [0.4, 0.5) is 10.5 Å². The van der Waals surface area contributed by atoms with Crippen LogP contribution < -0.4 is 10.6 Å². The first-order chi connectivity index (χ1) is 16.3. The fourth-order valence-corrected chi connectivity index (χ4v) is 5.28. The van der Waals surface area contributed by atoms with Crippen molar-refractivity contribution in [1.29, 1.82) is 0 Å². The highest BCUT2D eigenvalue weighted by atomic mass is 32.2. The van der Waals surface area contributed by atoms with E-state index in [0.29, 0.717) is 44.8 Å². The average Bonchev–Trinajstić information content (AvgIpc) is 3.11. The third kappa shape index (κ3) is 5.44. The number of aryl methyl sites for hydroxylation is 1. The van der Waals surface area contributed by atoms with Gasteiger partial charge in [-0.15, -0.1) is 0 Å². The molecule has 180 valence electrons. The molecular weight excluding hydrogens is 460 g/mol. The topological polar surface area (TPSA) is 125 Å². The molecule has 0 aromatic heterocycles. The van der Waals surface area contributed by atoms with Gasteiger partial charge < -0.3 is 15.4 Å². The maximum absolute atomic E-state index is 12.7. The van der Waals surface area contributed by atoms with Crippen LogP contribution in [0.15, 0.2) is 59.5 Å². The minimum atomic E-state index is -3.64. The summed E-state index contributed by atoms with van der Waals surface area (Å²) < 4.78 is 31.9. The molecule has 1 atom stereocenters. The number of urea groups is 1. The normalized spacial score (nSPS) is 19.2. The lowest BCUT2D eigenvalue weighted by molar-refractivity contribution is -0.130. The average molecular weight is 487 g/mol. The van der Waals surface area contributed by atoms with Gasteiger partial charge in [-0.3, -0.25) is 14.5 Å². The predicted octanol–water partition coefficient (Wildman–Crippen LogP) is 1.20. The Hall–Kier alpha value is -3.28. The summed E-state index contributed by atoms with van der Waals surface area (Å²) in [5, 5.41) is 5.23. The van der Waals surface area contributed by atoms with Crippen molar-refractivity contribution in [2.24, 2.45) is 0 Å². The van der Waals surface area contributed by atoms with Gasteiger partial charge in [0, 0.05) is 18.8 Å². The van der Waals surface area contributed by atoms with Crippen molar-refractivity contribution < 1.29 is 27.5 Å². The number of anilines is 1. The van der Waals surface area contributed by atoms with Crippen LogP contribution in [0.25, 0.3) is 0 Å². The van der Waals surface area contributed by atoms with Gasteiger partial charge in [0.2, 0.25) is 15.9 Å². The van der Waals surface area contributed by atoms with E-state index in [1.54, 1.807) is 0 Å². The van der Waals surface area contributed by atoms with E-state index in [0.717, 1.165) is 10.5 Å². The fraction of sp³-hybridized carbons (Fsp3) is 0.348. The van der Waals surface area contributed by atoms with Crippen molar-refractivity contribution in [1.82, 2.24) is 14.5 Å². The van der Waals surface area contributed by atoms with E-state index in [2.05, 4.69) is 10.6 Å². The van der Waals surface area contributed by atoms with Gasteiger partial charge >= 0.3 is 6.03 Å². The predicted molar refractivity (Wildman–Crippen MR) is 123 cm³/mol. The van der Waals surface area contributed by atoms with E-state index in [9.17, 15) is 22.8 Å². The number of rotatable bonds is 8. The molecule has 2 aromatic carbocycles. The summed E-state index contributed by atoms with van der Waals surface area (Å²) in [4.78, 5) is 38.3. The van der Waals surface area contributed by atoms with Gasteiger partial charge in [0.1, 0.15) is 12.6 Å². The second-order valence-electron chi connectivity index (χ2n) is 8.04. The molecule has 2 fully saturated rings. The number of benzene rings is 2. The Balaban J connectivity index is 1.31. The van der Waals surface area contributed by atoms with Gasteiger partial charge in [0.25, 0.3) is 5.91 Å². The van der Waals surface area contributed by atoms with Crippen LogP contribution in [0.2, 0.25) is 0 Å². The standard InChI is InChI=1S/C23H26N4O6S/c28-21(16-27-22(29)20(25-23(27)30)11-6-17-4-2-1-3-5-17)24-18-7-9-19(10-8-18)34(31,32)26-12-14-33-15-13-26/h1-5,7-10,20H,6,11-16H2,(H,24,28)(H,25,30)/t20-/m0/s1. The molecular formula is C23H26N4O6S. The van der Waals surface area contributed by atoms with Gasteiger partial charge in [-0.25, -0.2) is 13.2 Å². The van der Waals surface area contributed by atoms with Gasteiger partial charge in [0.05, 0.1) is 18.1 Å². The number of amides is 4. The maximum atomic E-state index is 12.7. The highest BCUT2D eigenvalue weighted by molar-refractivity contribution is 7.89. The van der Waals surface area contributed by atoms with Crippen LogP contribution in [0, 0.1) is 0 Å². The quantitative estimate of drug-likeness (QED) is 0.540. The Morgan fingerprint density at radius 1 is 1.03 bits per heavy atom. The lowest BCUT2D eigenvalue weighted by atomic mass is 10.1. The van der Waals surface area contributed by atoms with E-state index < -0.39 is 40.5 Å². The first-order valence-electron chi connectivity index (χ1n) is 11.0. The van der Waals surface area contributed by atoms with E-state index in [1.165, 1.54) is 28.6 Å². The number of hydrogen-bond acceptors (Lipinski definition) is 6. The molecule has 0 unspecified atom stereocenters. The monoisotopic (exact) mass is 486 g/mol. The lowest BCUT2D eigenvalue weighted by Gasteiger charge is -2.26. The zero-order valence-corrected chi connectivity index (χ0v) is 19.3. The third-order valence-electron chi connectivity index (χ3n) is 5.72. The number of morpholine rings is 1. The third-order valence-corrected chi connectivity index (χ3v) is 7.63. The number of sulfonamides is 1. The number of carbonyl (C=O) groups is 3. The molecule has 0 aliphatic carbocycles. The fourth-order valence-electron chi connectivity index (χ4n) is 3.87. The molecule has 2 aliphatic rings. The number of nitrogens with zero attached hydrogens (tertiary/aromatic N) is 2. The van der Waals surface area contributed by atoms with E-state index in [1.807, 2.05) is 30.3 Å². The number of carbonyl (C=O) groups excluding carboxylic acids is 3. The van der Waals surface area contributed by atoms with E-state index in [-0.39, 0.29) is 4.90 Å². The Bertz CT molecular complexity index is 1150. The largest absolute Gasteiger partial charge is 0.379 e. The summed E-state index contributed by atoms with van der Waals surface area (Å²) in [6, 6.07) is 14.1. The van der Waals surface area contributed by atoms with Gasteiger partial charge in [-0.2, -0.15) is 4.31 Å². The molecule has 2 saturated heterocycles. The molecule has 2 heterocycles. The van der Waals surface area contributed by atoms with Crippen molar-refractivity contribution >= 4 is 33.6 Å². The Labute approximate surface area is 197 Å². The molecule has 2 aromatic rings. The van der Waals surface area contributed by atoms with Crippen molar-refractivity contribution in [3.8, 4) is 0 Å². The Morgan fingerprint density at radius 2 is 1.71 bits per heavy atom. The SMILES string of the molecule is O=C(CN1C(=O)N[C@@H](CCc2ccccc2)C1=O)Nc1ccc(S(=O)(=O)N2CCOCC2)cc1. The molecule has 0 bridgehead atoms. The summed E-state index contributed by atoms with van der Waals surface area (Å²) in [6.07, 6.45) is 1.06. The number of nitrogens with one attached hydrogen (secondary N) is 2. The lowest BCUT2D eigenvalue weighted by Crippen LogP contribution is -2.40. The second-order valence-corrected chi connectivity index (χ2v) is 9.98. The highest BCUT2D eigenvalue weighted by Gasteiger charge is 2.38. The molecule has 0 radical (unpaired) electrons. The Morgan fingerprint density at radius 3 is 2.38 bits per heavy atom. The van der Waals surface area contributed by atoms with E-state index in [4.69, 9.17) is 4.74 Å². The highest BCUT2D eigenvalue weighted by Crippen LogP contribution is 2.20. The van der Waals surface area contributed by atoms with Crippen molar-refractivity contribution in [3.05, 3.63) is 60.2 Å². The molecule has 34 heavy (non-hydrogen) atoms. The molecule has 2 N–H and O–H groups in total. The van der Waals surface area contributed by atoms with Gasteiger partial charge in [-0.05, 0) is 42.7 Å². The van der Waals surface area contributed by atoms with Crippen LogP contribution >= 0.6 is 0 Å². The minimum Gasteiger partial charge on any atom is -0.379 e. The zero-order chi connectivity index (χ0) is 24.1. The summed E-state index contributed by atoms with van der Waals surface area (Å²) in [6.45, 7) is 0.852. The van der Waals surface area contributed by atoms with Crippen LogP contribution in [-0.2, 0) is 30.8 Å². The molecule has 4 rings (SSSR count).